The summed E-state index contributed by atoms with van der Waals surface area (Å²) in [6, 6.07) is 7.62. The lowest BCUT2D eigenvalue weighted by Gasteiger charge is -2.06. The van der Waals surface area contributed by atoms with Gasteiger partial charge in [0, 0.05) is 6.07 Å². The van der Waals surface area contributed by atoms with E-state index in [1.54, 1.807) is 6.07 Å². The van der Waals surface area contributed by atoms with Crippen LogP contribution in [0.3, 0.4) is 0 Å². The lowest BCUT2D eigenvalue weighted by Crippen LogP contribution is -1.96. The largest absolute Gasteiger partial charge is 0.487 e. The van der Waals surface area contributed by atoms with Crippen LogP contribution < -0.4 is 10.5 Å². The van der Waals surface area contributed by atoms with Gasteiger partial charge in [0.1, 0.15) is 18.1 Å². The Labute approximate surface area is 94.0 Å². The molecule has 0 fully saturated rings. The van der Waals surface area contributed by atoms with Gasteiger partial charge in [-0.2, -0.15) is 0 Å². The van der Waals surface area contributed by atoms with Crippen LogP contribution in [0.15, 0.2) is 28.8 Å². The maximum absolute atomic E-state index is 5.56. The number of nitrogens with zero attached hydrogens (tertiary/aromatic N) is 1. The number of hydrogen-bond acceptors (Lipinski definition) is 4. The van der Waals surface area contributed by atoms with Crippen molar-refractivity contribution >= 4 is 5.88 Å². The van der Waals surface area contributed by atoms with E-state index in [-0.39, 0.29) is 0 Å². The maximum Gasteiger partial charge on any atom is 0.222 e. The zero-order valence-electron chi connectivity index (χ0n) is 9.36. The van der Waals surface area contributed by atoms with Gasteiger partial charge in [0.05, 0.1) is 0 Å². The van der Waals surface area contributed by atoms with Crippen LogP contribution in [-0.4, -0.2) is 5.16 Å². The number of anilines is 1. The van der Waals surface area contributed by atoms with E-state index >= 15 is 0 Å². The van der Waals surface area contributed by atoms with Gasteiger partial charge < -0.3 is 15.0 Å². The number of rotatable bonds is 3. The quantitative estimate of drug-likeness (QED) is 0.859. The van der Waals surface area contributed by atoms with Crippen LogP contribution in [0, 0.1) is 13.8 Å². The second-order valence-corrected chi connectivity index (χ2v) is 3.76. The normalized spacial score (nSPS) is 10.4. The summed E-state index contributed by atoms with van der Waals surface area (Å²) in [5, 5.41) is 3.75. The van der Waals surface area contributed by atoms with Crippen molar-refractivity contribution in [2.24, 2.45) is 0 Å². The number of aryl methyl sites for hydroxylation is 2. The third kappa shape index (κ3) is 2.34. The van der Waals surface area contributed by atoms with E-state index in [1.165, 1.54) is 11.1 Å². The Balaban J connectivity index is 2.02. The fraction of sp³-hybridized carbons (Fsp3) is 0.250. The molecule has 0 unspecified atom stereocenters. The number of nitrogen functional groups attached to an aromatic ring is 1. The molecule has 0 bridgehead atoms. The maximum atomic E-state index is 5.56. The van der Waals surface area contributed by atoms with Gasteiger partial charge >= 0.3 is 0 Å². The SMILES string of the molecule is Cc1ccc(OCc2cc(N)on2)cc1C. The molecule has 1 aromatic carbocycles. The van der Waals surface area contributed by atoms with Crippen LogP contribution in [0.5, 0.6) is 5.75 Å². The molecule has 4 heteroatoms. The minimum absolute atomic E-state index is 0.304. The van der Waals surface area contributed by atoms with E-state index in [2.05, 4.69) is 19.0 Å². The number of nitrogens with two attached hydrogens (primary N) is 1. The molecule has 0 saturated carbocycles. The summed E-state index contributed by atoms with van der Waals surface area (Å²) in [5.41, 5.74) is 8.55. The van der Waals surface area contributed by atoms with Crippen LogP contribution in [-0.2, 0) is 6.61 Å². The molecule has 0 aliphatic carbocycles. The van der Waals surface area contributed by atoms with Gasteiger partial charge in [0.25, 0.3) is 0 Å². The molecule has 2 rings (SSSR count). The first-order valence-electron chi connectivity index (χ1n) is 5.06. The molecule has 2 N–H and O–H groups in total. The second-order valence-electron chi connectivity index (χ2n) is 3.76. The van der Waals surface area contributed by atoms with Gasteiger partial charge in [-0.05, 0) is 37.1 Å². The Hall–Kier alpha value is -1.97. The van der Waals surface area contributed by atoms with Gasteiger partial charge in [-0.1, -0.05) is 11.2 Å². The number of hydrogen-bond donors (Lipinski definition) is 1. The summed E-state index contributed by atoms with van der Waals surface area (Å²) in [6.07, 6.45) is 0. The first-order valence-corrected chi connectivity index (χ1v) is 5.06. The van der Waals surface area contributed by atoms with Crippen LogP contribution in [0.4, 0.5) is 5.88 Å². The molecule has 0 spiro atoms. The molecular formula is C12H14N2O2. The van der Waals surface area contributed by atoms with E-state index in [0.717, 1.165) is 5.75 Å². The first-order chi connectivity index (χ1) is 7.65. The molecule has 0 atom stereocenters. The van der Waals surface area contributed by atoms with E-state index < -0.39 is 0 Å². The highest BCUT2D eigenvalue weighted by atomic mass is 16.5. The van der Waals surface area contributed by atoms with Gasteiger partial charge in [-0.3, -0.25) is 0 Å². The highest BCUT2D eigenvalue weighted by molar-refractivity contribution is 5.34. The predicted molar refractivity (Wildman–Crippen MR) is 61.2 cm³/mol. The molecule has 2 aromatic rings. The van der Waals surface area contributed by atoms with Gasteiger partial charge in [-0.15, -0.1) is 0 Å². The third-order valence-electron chi connectivity index (χ3n) is 2.44. The standard InChI is InChI=1S/C12H14N2O2/c1-8-3-4-11(5-9(8)2)15-7-10-6-12(13)16-14-10/h3-6H,7,13H2,1-2H3. The molecule has 0 aliphatic rings. The van der Waals surface area contributed by atoms with Crippen molar-refractivity contribution in [1.29, 1.82) is 0 Å². The Kier molecular flexibility index (Phi) is 2.81. The fourth-order valence-electron chi connectivity index (χ4n) is 1.36. The predicted octanol–water partition coefficient (Wildman–Crippen LogP) is 2.45. The van der Waals surface area contributed by atoms with Crippen molar-refractivity contribution in [3.63, 3.8) is 0 Å². The fourth-order valence-corrected chi connectivity index (χ4v) is 1.36. The monoisotopic (exact) mass is 218 g/mol. The average Bonchev–Trinajstić information content (AvgIpc) is 2.66. The molecule has 0 saturated heterocycles. The van der Waals surface area contributed by atoms with Crippen molar-refractivity contribution in [3.05, 3.63) is 41.1 Å². The average molecular weight is 218 g/mol. The van der Waals surface area contributed by atoms with Gasteiger partial charge in [0.15, 0.2) is 0 Å². The topological polar surface area (TPSA) is 61.3 Å². The molecular weight excluding hydrogens is 204 g/mol. The number of aromatic nitrogens is 1. The molecule has 1 heterocycles. The van der Waals surface area contributed by atoms with Gasteiger partial charge in [-0.25, -0.2) is 0 Å². The highest BCUT2D eigenvalue weighted by Gasteiger charge is 2.02. The highest BCUT2D eigenvalue weighted by Crippen LogP contribution is 2.17. The van der Waals surface area contributed by atoms with Crippen LogP contribution in [0.2, 0.25) is 0 Å². The molecule has 1 aromatic heterocycles. The Bertz CT molecular complexity index is 492. The Morgan fingerprint density at radius 1 is 1.25 bits per heavy atom. The minimum Gasteiger partial charge on any atom is -0.487 e. The zero-order chi connectivity index (χ0) is 11.5. The van der Waals surface area contributed by atoms with E-state index in [9.17, 15) is 0 Å². The molecule has 16 heavy (non-hydrogen) atoms. The van der Waals surface area contributed by atoms with E-state index in [4.69, 9.17) is 15.0 Å². The second kappa shape index (κ2) is 4.26. The summed E-state index contributed by atoms with van der Waals surface area (Å²) in [7, 11) is 0. The summed E-state index contributed by atoms with van der Waals surface area (Å²) in [4.78, 5) is 0. The zero-order valence-corrected chi connectivity index (χ0v) is 9.36. The lowest BCUT2D eigenvalue weighted by molar-refractivity contribution is 0.290. The van der Waals surface area contributed by atoms with Crippen molar-refractivity contribution in [3.8, 4) is 5.75 Å². The van der Waals surface area contributed by atoms with Gasteiger partial charge in [0.2, 0.25) is 5.88 Å². The van der Waals surface area contributed by atoms with Crippen molar-refractivity contribution in [2.75, 3.05) is 5.73 Å². The molecule has 0 aliphatic heterocycles. The van der Waals surface area contributed by atoms with Crippen LogP contribution >= 0.6 is 0 Å². The lowest BCUT2D eigenvalue weighted by atomic mass is 10.1. The van der Waals surface area contributed by atoms with Crippen molar-refractivity contribution in [1.82, 2.24) is 5.16 Å². The molecule has 0 radical (unpaired) electrons. The molecule has 84 valence electrons. The summed E-state index contributed by atoms with van der Waals surface area (Å²) < 4.78 is 10.3. The minimum atomic E-state index is 0.304. The first kappa shape index (κ1) is 10.5. The number of benzene rings is 1. The molecule has 0 amide bonds. The van der Waals surface area contributed by atoms with Crippen LogP contribution in [0.25, 0.3) is 0 Å². The third-order valence-corrected chi connectivity index (χ3v) is 2.44. The van der Waals surface area contributed by atoms with E-state index in [1.807, 2.05) is 18.2 Å². The summed E-state index contributed by atoms with van der Waals surface area (Å²) >= 11 is 0. The van der Waals surface area contributed by atoms with Crippen LogP contribution in [0.1, 0.15) is 16.8 Å². The summed E-state index contributed by atoms with van der Waals surface area (Å²) in [5.74, 6) is 1.13. The smallest absolute Gasteiger partial charge is 0.222 e. The summed E-state index contributed by atoms with van der Waals surface area (Å²) in [6.45, 7) is 4.48. The molecule has 4 nitrogen and oxygen atoms in total. The van der Waals surface area contributed by atoms with Crippen molar-refractivity contribution < 1.29 is 9.26 Å². The Morgan fingerprint density at radius 2 is 2.06 bits per heavy atom. The van der Waals surface area contributed by atoms with Crippen molar-refractivity contribution in [2.45, 2.75) is 20.5 Å². The number of ether oxygens (including phenoxy) is 1. The van der Waals surface area contributed by atoms with E-state index in [0.29, 0.717) is 18.2 Å². The Morgan fingerprint density at radius 3 is 2.69 bits per heavy atom.